The molecule has 2 aromatic rings. The lowest BCUT2D eigenvalue weighted by atomic mass is 10.5. The number of hydrogen-bond donors (Lipinski definition) is 0. The summed E-state index contributed by atoms with van der Waals surface area (Å²) in [4.78, 5) is 8.13. The molecule has 0 aliphatic rings. The summed E-state index contributed by atoms with van der Waals surface area (Å²) in [6.45, 7) is 0. The molecule has 0 atom stereocenters. The van der Waals surface area contributed by atoms with E-state index < -0.39 is 0 Å². The maximum Gasteiger partial charge on any atom is 0.160 e. The average Bonchev–Trinajstić information content (AvgIpc) is 2.69. The fourth-order valence-electron chi connectivity index (χ4n) is 0.895. The smallest absolute Gasteiger partial charge is 0.160 e. The molecule has 0 fully saturated rings. The van der Waals surface area contributed by atoms with Crippen molar-refractivity contribution in [1.29, 1.82) is 0 Å². The third kappa shape index (κ3) is 2.32. The van der Waals surface area contributed by atoms with Crippen LogP contribution in [0.25, 0.3) is 0 Å². The van der Waals surface area contributed by atoms with Gasteiger partial charge in [-0.3, -0.25) is 9.97 Å². The van der Waals surface area contributed by atoms with E-state index in [0.717, 1.165) is 16.5 Å². The van der Waals surface area contributed by atoms with Crippen molar-refractivity contribution in [2.75, 3.05) is 0 Å². The van der Waals surface area contributed by atoms with Crippen molar-refractivity contribution >= 4 is 11.8 Å². The molecule has 0 radical (unpaired) electrons. The second kappa shape index (κ2) is 4.09. The molecule has 4 heteroatoms. The minimum atomic E-state index is 0.793. The van der Waals surface area contributed by atoms with Gasteiger partial charge in [-0.05, 0) is 12.1 Å². The van der Waals surface area contributed by atoms with Crippen molar-refractivity contribution < 1.29 is 4.42 Å². The van der Waals surface area contributed by atoms with Crippen LogP contribution in [0.15, 0.2) is 46.5 Å². The molecular weight excluding hydrogens is 184 g/mol. The first-order chi connectivity index (χ1) is 6.45. The van der Waals surface area contributed by atoms with Crippen LogP contribution in [0.4, 0.5) is 0 Å². The van der Waals surface area contributed by atoms with E-state index >= 15 is 0 Å². The summed E-state index contributed by atoms with van der Waals surface area (Å²) in [6.07, 6.45) is 6.79. The lowest BCUT2D eigenvalue weighted by molar-refractivity contribution is 0.474. The zero-order chi connectivity index (χ0) is 8.93. The Morgan fingerprint density at radius 2 is 2.38 bits per heavy atom. The van der Waals surface area contributed by atoms with Crippen LogP contribution in [0.5, 0.6) is 0 Å². The van der Waals surface area contributed by atoms with Gasteiger partial charge in [0, 0.05) is 24.3 Å². The van der Waals surface area contributed by atoms with Crippen molar-refractivity contribution in [2.24, 2.45) is 0 Å². The molecule has 0 saturated carbocycles. The maximum atomic E-state index is 5.17. The zero-order valence-electron chi connectivity index (χ0n) is 6.88. The van der Waals surface area contributed by atoms with Crippen LogP contribution < -0.4 is 0 Å². The van der Waals surface area contributed by atoms with E-state index in [4.69, 9.17) is 4.42 Å². The van der Waals surface area contributed by atoms with Crippen LogP contribution >= 0.6 is 11.8 Å². The third-order valence-corrected chi connectivity index (χ3v) is 2.43. The summed E-state index contributed by atoms with van der Waals surface area (Å²) in [7, 11) is 0. The molecule has 0 amide bonds. The number of rotatable bonds is 3. The van der Waals surface area contributed by atoms with Gasteiger partial charge in [0.05, 0.1) is 12.0 Å². The van der Waals surface area contributed by atoms with Crippen LogP contribution in [0, 0.1) is 0 Å². The summed E-state index contributed by atoms with van der Waals surface area (Å²) < 4.78 is 5.17. The minimum Gasteiger partial charge on any atom is -0.458 e. The molecule has 0 N–H and O–H groups in total. The Hall–Kier alpha value is -1.29. The van der Waals surface area contributed by atoms with Gasteiger partial charge in [0.2, 0.25) is 0 Å². The van der Waals surface area contributed by atoms with Gasteiger partial charge < -0.3 is 4.42 Å². The molecule has 0 unspecified atom stereocenters. The Kier molecular flexibility index (Phi) is 2.62. The van der Waals surface area contributed by atoms with Crippen molar-refractivity contribution in [2.45, 2.75) is 10.8 Å². The van der Waals surface area contributed by atoms with E-state index in [1.54, 1.807) is 36.6 Å². The van der Waals surface area contributed by atoms with Crippen LogP contribution in [0.2, 0.25) is 0 Å². The topological polar surface area (TPSA) is 38.9 Å². The maximum absolute atomic E-state index is 5.17. The third-order valence-electron chi connectivity index (χ3n) is 1.47. The lowest BCUT2D eigenvalue weighted by Gasteiger charge is -1.95. The van der Waals surface area contributed by atoms with E-state index in [1.165, 1.54) is 0 Å². The molecule has 2 rings (SSSR count). The molecule has 0 spiro atoms. The first-order valence-corrected chi connectivity index (χ1v) is 4.85. The molecule has 2 heterocycles. The van der Waals surface area contributed by atoms with E-state index in [0.29, 0.717) is 0 Å². The van der Waals surface area contributed by atoms with Crippen molar-refractivity contribution in [1.82, 2.24) is 9.97 Å². The number of nitrogens with zero attached hydrogens (tertiary/aromatic N) is 2. The molecule has 0 aromatic carbocycles. The first-order valence-electron chi connectivity index (χ1n) is 3.86. The normalized spacial score (nSPS) is 10.2. The highest BCUT2D eigenvalue weighted by atomic mass is 32.2. The molecule has 13 heavy (non-hydrogen) atoms. The predicted molar refractivity (Wildman–Crippen MR) is 50.3 cm³/mol. The quantitative estimate of drug-likeness (QED) is 0.700. The second-order valence-electron chi connectivity index (χ2n) is 2.42. The minimum absolute atomic E-state index is 0.793. The van der Waals surface area contributed by atoms with Gasteiger partial charge in [-0.2, -0.15) is 0 Å². The highest BCUT2D eigenvalue weighted by molar-refractivity contribution is 7.98. The van der Waals surface area contributed by atoms with Gasteiger partial charge in [-0.1, -0.05) is 11.8 Å². The van der Waals surface area contributed by atoms with Gasteiger partial charge in [-0.25, -0.2) is 0 Å². The second-order valence-corrected chi connectivity index (χ2v) is 3.40. The van der Waals surface area contributed by atoms with Gasteiger partial charge in [0.25, 0.3) is 0 Å². The molecule has 0 aliphatic heterocycles. The molecule has 0 saturated heterocycles. The van der Waals surface area contributed by atoms with Crippen molar-refractivity contribution in [3.8, 4) is 0 Å². The van der Waals surface area contributed by atoms with Gasteiger partial charge >= 0.3 is 0 Å². The molecule has 66 valence electrons. The number of hydrogen-bond acceptors (Lipinski definition) is 4. The number of thioether (sulfide) groups is 1. The Morgan fingerprint density at radius 1 is 1.38 bits per heavy atom. The van der Waals surface area contributed by atoms with E-state index in [9.17, 15) is 0 Å². The summed E-state index contributed by atoms with van der Waals surface area (Å²) in [5.41, 5.74) is 0.962. The summed E-state index contributed by atoms with van der Waals surface area (Å²) in [6, 6.07) is 3.81. The Morgan fingerprint density at radius 3 is 3.08 bits per heavy atom. The van der Waals surface area contributed by atoms with Gasteiger partial charge in [0.1, 0.15) is 0 Å². The standard InChI is InChI=1S/C9H8N2OS/c1-2-9(12-5-1)13-7-8-6-10-3-4-11-8/h1-6H,7H2. The number of aromatic nitrogens is 2. The fourth-order valence-corrected chi connectivity index (χ4v) is 1.63. The van der Waals surface area contributed by atoms with Crippen LogP contribution in [0.3, 0.4) is 0 Å². The summed E-state index contributed by atoms with van der Waals surface area (Å²) in [5, 5.41) is 0.908. The average molecular weight is 192 g/mol. The van der Waals surface area contributed by atoms with Crippen LogP contribution in [-0.2, 0) is 5.75 Å². The SMILES string of the molecule is c1coc(SCc2cnccn2)c1. The monoisotopic (exact) mass is 192 g/mol. The summed E-state index contributed by atoms with van der Waals surface area (Å²) >= 11 is 1.61. The van der Waals surface area contributed by atoms with Crippen molar-refractivity contribution in [3.05, 3.63) is 42.7 Å². The van der Waals surface area contributed by atoms with E-state index in [-0.39, 0.29) is 0 Å². The van der Waals surface area contributed by atoms with Crippen molar-refractivity contribution in [3.63, 3.8) is 0 Å². The van der Waals surface area contributed by atoms with Gasteiger partial charge in [0.15, 0.2) is 5.09 Å². The predicted octanol–water partition coefficient (Wildman–Crippen LogP) is 2.36. The Labute approximate surface area is 80.2 Å². The molecule has 2 aromatic heterocycles. The lowest BCUT2D eigenvalue weighted by Crippen LogP contribution is -1.85. The molecular formula is C9H8N2OS. The highest BCUT2D eigenvalue weighted by Crippen LogP contribution is 2.21. The van der Waals surface area contributed by atoms with Crippen LogP contribution in [0.1, 0.15) is 5.69 Å². The van der Waals surface area contributed by atoms with E-state index in [1.807, 2.05) is 12.1 Å². The summed E-state index contributed by atoms with van der Waals surface area (Å²) in [5.74, 6) is 0.793. The zero-order valence-corrected chi connectivity index (χ0v) is 7.70. The Bertz CT molecular complexity index is 347. The molecule has 0 aliphatic carbocycles. The molecule has 0 bridgehead atoms. The van der Waals surface area contributed by atoms with Crippen LogP contribution in [-0.4, -0.2) is 9.97 Å². The fraction of sp³-hybridized carbons (Fsp3) is 0.111. The first kappa shape index (κ1) is 8.31. The number of furan rings is 1. The Balaban J connectivity index is 1.94. The molecule has 3 nitrogen and oxygen atoms in total. The largest absolute Gasteiger partial charge is 0.458 e. The van der Waals surface area contributed by atoms with Gasteiger partial charge in [-0.15, -0.1) is 0 Å². The van der Waals surface area contributed by atoms with E-state index in [2.05, 4.69) is 9.97 Å². The highest BCUT2D eigenvalue weighted by Gasteiger charge is 1.98.